The quantitative estimate of drug-likeness (QED) is 0.827. The molecule has 4 nitrogen and oxygen atoms in total. The lowest BCUT2D eigenvalue weighted by molar-refractivity contribution is 0.330. The average molecular weight is 261 g/mol. The van der Waals surface area contributed by atoms with Gasteiger partial charge in [0.05, 0.1) is 6.61 Å². The van der Waals surface area contributed by atoms with E-state index in [1.165, 1.54) is 0 Å². The highest BCUT2D eigenvalue weighted by Gasteiger charge is 2.38. The molecular formula is C10H15NO3S2. The highest BCUT2D eigenvalue weighted by molar-refractivity contribution is 7.87. The molecule has 90 valence electrons. The van der Waals surface area contributed by atoms with Crippen molar-refractivity contribution in [2.24, 2.45) is 0 Å². The zero-order valence-corrected chi connectivity index (χ0v) is 10.7. The zero-order chi connectivity index (χ0) is 11.6. The molecule has 1 aromatic heterocycles. The van der Waals surface area contributed by atoms with Gasteiger partial charge in [-0.25, -0.2) is 0 Å². The molecule has 0 amide bonds. The SMILES string of the molecule is CCOS(=O)(=O)C1CNCC1c1ccsc1. The normalized spacial score (nSPS) is 26.1. The van der Waals surface area contributed by atoms with E-state index in [9.17, 15) is 8.42 Å². The van der Waals surface area contributed by atoms with Gasteiger partial charge in [0.15, 0.2) is 0 Å². The van der Waals surface area contributed by atoms with Crippen LogP contribution in [0.4, 0.5) is 0 Å². The van der Waals surface area contributed by atoms with Gasteiger partial charge in [-0.1, -0.05) is 0 Å². The first-order valence-electron chi connectivity index (χ1n) is 5.26. The summed E-state index contributed by atoms with van der Waals surface area (Å²) in [5.41, 5.74) is 1.09. The fourth-order valence-electron chi connectivity index (χ4n) is 2.03. The van der Waals surface area contributed by atoms with Crippen LogP contribution < -0.4 is 5.32 Å². The van der Waals surface area contributed by atoms with E-state index >= 15 is 0 Å². The van der Waals surface area contributed by atoms with Crippen LogP contribution in [0.3, 0.4) is 0 Å². The summed E-state index contributed by atoms with van der Waals surface area (Å²) in [6.07, 6.45) is 0. The van der Waals surface area contributed by atoms with Gasteiger partial charge in [-0.3, -0.25) is 4.18 Å². The smallest absolute Gasteiger partial charge is 0.272 e. The van der Waals surface area contributed by atoms with Crippen molar-refractivity contribution in [3.05, 3.63) is 22.4 Å². The molecule has 16 heavy (non-hydrogen) atoms. The van der Waals surface area contributed by atoms with Crippen molar-refractivity contribution in [1.82, 2.24) is 5.32 Å². The summed E-state index contributed by atoms with van der Waals surface area (Å²) >= 11 is 1.59. The van der Waals surface area contributed by atoms with Crippen LogP contribution in [0.2, 0.25) is 0 Å². The van der Waals surface area contributed by atoms with E-state index in [2.05, 4.69) is 5.32 Å². The van der Waals surface area contributed by atoms with Crippen LogP contribution in [-0.4, -0.2) is 33.4 Å². The van der Waals surface area contributed by atoms with Crippen LogP contribution in [-0.2, 0) is 14.3 Å². The summed E-state index contributed by atoms with van der Waals surface area (Å²) in [7, 11) is -3.44. The van der Waals surface area contributed by atoms with Crippen molar-refractivity contribution < 1.29 is 12.6 Å². The Morgan fingerprint density at radius 1 is 1.56 bits per heavy atom. The summed E-state index contributed by atoms with van der Waals surface area (Å²) in [5.74, 6) is 0.0165. The zero-order valence-electron chi connectivity index (χ0n) is 9.05. The second kappa shape index (κ2) is 4.83. The molecule has 6 heteroatoms. The van der Waals surface area contributed by atoms with E-state index in [1.54, 1.807) is 18.3 Å². The molecule has 1 aromatic rings. The molecule has 2 rings (SSSR count). The van der Waals surface area contributed by atoms with Crippen molar-refractivity contribution in [2.75, 3.05) is 19.7 Å². The summed E-state index contributed by atoms with van der Waals surface area (Å²) in [6.45, 7) is 3.07. The molecule has 2 heterocycles. The van der Waals surface area contributed by atoms with Crippen molar-refractivity contribution in [1.29, 1.82) is 0 Å². The van der Waals surface area contributed by atoms with E-state index in [1.807, 2.05) is 16.8 Å². The number of nitrogens with one attached hydrogen (secondary N) is 1. The maximum atomic E-state index is 11.9. The first kappa shape index (κ1) is 12.0. The monoisotopic (exact) mass is 261 g/mol. The Morgan fingerprint density at radius 2 is 2.38 bits per heavy atom. The number of hydrogen-bond donors (Lipinski definition) is 1. The van der Waals surface area contributed by atoms with E-state index < -0.39 is 15.4 Å². The predicted molar refractivity (Wildman–Crippen MR) is 64.3 cm³/mol. The van der Waals surface area contributed by atoms with E-state index in [0.717, 1.165) is 5.56 Å². The van der Waals surface area contributed by atoms with Gasteiger partial charge in [-0.2, -0.15) is 19.8 Å². The lowest BCUT2D eigenvalue weighted by Crippen LogP contribution is -2.29. The lowest BCUT2D eigenvalue weighted by atomic mass is 10.0. The third kappa shape index (κ3) is 2.29. The highest BCUT2D eigenvalue weighted by Crippen LogP contribution is 2.29. The molecular weight excluding hydrogens is 246 g/mol. The van der Waals surface area contributed by atoms with Gasteiger partial charge >= 0.3 is 0 Å². The predicted octanol–water partition coefficient (Wildman–Crippen LogP) is 1.17. The van der Waals surface area contributed by atoms with Crippen LogP contribution >= 0.6 is 11.3 Å². The minimum absolute atomic E-state index is 0.0165. The Kier molecular flexibility index (Phi) is 3.63. The Labute approximate surface area is 99.8 Å². The Hall–Kier alpha value is -0.430. The molecule has 1 fully saturated rings. The number of rotatable bonds is 4. The van der Waals surface area contributed by atoms with E-state index in [-0.39, 0.29) is 12.5 Å². The summed E-state index contributed by atoms with van der Waals surface area (Å²) in [5, 5.41) is 6.64. The second-order valence-electron chi connectivity index (χ2n) is 3.76. The molecule has 0 aromatic carbocycles. The van der Waals surface area contributed by atoms with Crippen molar-refractivity contribution >= 4 is 21.5 Å². The van der Waals surface area contributed by atoms with Gasteiger partial charge in [0.2, 0.25) is 0 Å². The topological polar surface area (TPSA) is 55.4 Å². The summed E-state index contributed by atoms with van der Waals surface area (Å²) < 4.78 is 28.6. The van der Waals surface area contributed by atoms with Crippen molar-refractivity contribution in [3.63, 3.8) is 0 Å². The van der Waals surface area contributed by atoms with Crippen LogP contribution in [0.15, 0.2) is 16.8 Å². The van der Waals surface area contributed by atoms with Gasteiger partial charge < -0.3 is 5.32 Å². The fourth-order valence-corrected chi connectivity index (χ4v) is 4.23. The third-order valence-electron chi connectivity index (χ3n) is 2.78. The van der Waals surface area contributed by atoms with Crippen molar-refractivity contribution in [2.45, 2.75) is 18.1 Å². The van der Waals surface area contributed by atoms with Gasteiger partial charge in [0.1, 0.15) is 5.25 Å². The molecule has 1 saturated heterocycles. The second-order valence-corrected chi connectivity index (χ2v) is 6.37. The largest absolute Gasteiger partial charge is 0.315 e. The van der Waals surface area contributed by atoms with Crippen LogP contribution in [0.5, 0.6) is 0 Å². The summed E-state index contributed by atoms with van der Waals surface area (Å²) in [6, 6.07) is 1.98. The molecule has 1 aliphatic rings. The number of hydrogen-bond acceptors (Lipinski definition) is 5. The van der Waals surface area contributed by atoms with Gasteiger partial charge in [0, 0.05) is 19.0 Å². The molecule has 0 saturated carbocycles. The standard InChI is InChI=1S/C10H15NO3S2/c1-2-14-16(12,13)10-6-11-5-9(10)8-3-4-15-7-8/h3-4,7,9-11H,2,5-6H2,1H3. The van der Waals surface area contributed by atoms with E-state index in [0.29, 0.717) is 13.1 Å². The molecule has 0 bridgehead atoms. The van der Waals surface area contributed by atoms with Crippen LogP contribution in [0.1, 0.15) is 18.4 Å². The highest BCUT2D eigenvalue weighted by atomic mass is 32.2. The Morgan fingerprint density at radius 3 is 3.00 bits per heavy atom. The van der Waals surface area contributed by atoms with Gasteiger partial charge in [0.25, 0.3) is 10.1 Å². The lowest BCUT2D eigenvalue weighted by Gasteiger charge is -2.17. The molecule has 1 aliphatic heterocycles. The Balaban J connectivity index is 2.22. The molecule has 0 radical (unpaired) electrons. The van der Waals surface area contributed by atoms with Gasteiger partial charge in [-0.05, 0) is 29.3 Å². The molecule has 0 spiro atoms. The first-order valence-corrected chi connectivity index (χ1v) is 7.67. The molecule has 2 atom stereocenters. The maximum absolute atomic E-state index is 11.9. The number of thiophene rings is 1. The molecule has 0 aliphatic carbocycles. The molecule has 2 unspecified atom stereocenters. The average Bonchev–Trinajstić information content (AvgIpc) is 2.88. The van der Waals surface area contributed by atoms with E-state index in [4.69, 9.17) is 4.18 Å². The van der Waals surface area contributed by atoms with Crippen molar-refractivity contribution in [3.8, 4) is 0 Å². The summed E-state index contributed by atoms with van der Waals surface area (Å²) in [4.78, 5) is 0. The third-order valence-corrected chi connectivity index (χ3v) is 5.29. The first-order chi connectivity index (χ1) is 7.65. The molecule has 1 N–H and O–H groups in total. The van der Waals surface area contributed by atoms with Crippen LogP contribution in [0.25, 0.3) is 0 Å². The van der Waals surface area contributed by atoms with Crippen LogP contribution in [0, 0.1) is 0 Å². The maximum Gasteiger partial charge on any atom is 0.272 e. The minimum atomic E-state index is -3.44. The Bertz CT molecular complexity index is 427. The van der Waals surface area contributed by atoms with Gasteiger partial charge in [-0.15, -0.1) is 0 Å². The fraction of sp³-hybridized carbons (Fsp3) is 0.600. The minimum Gasteiger partial charge on any atom is -0.315 e.